The zero-order valence-electron chi connectivity index (χ0n) is 13.5. The van der Waals surface area contributed by atoms with Gasteiger partial charge in [0.25, 0.3) is 0 Å². The average molecular weight is 314 g/mol. The molecule has 0 atom stereocenters. The molecule has 0 unspecified atom stereocenters. The molecule has 0 radical (unpaired) electrons. The Morgan fingerprint density at radius 2 is 2.04 bits per heavy atom. The van der Waals surface area contributed by atoms with Gasteiger partial charge in [0.15, 0.2) is 5.82 Å². The topological polar surface area (TPSA) is 49.8 Å². The molecule has 0 saturated carbocycles. The highest BCUT2D eigenvalue weighted by atomic mass is 19.1. The molecule has 0 amide bonds. The van der Waals surface area contributed by atoms with Crippen LogP contribution in [0.1, 0.15) is 25.5 Å². The Morgan fingerprint density at radius 3 is 2.78 bits per heavy atom. The third-order valence-corrected chi connectivity index (χ3v) is 4.25. The van der Waals surface area contributed by atoms with E-state index in [1.165, 1.54) is 25.0 Å². The van der Waals surface area contributed by atoms with Gasteiger partial charge in [0.1, 0.15) is 11.6 Å². The summed E-state index contributed by atoms with van der Waals surface area (Å²) in [5.41, 5.74) is 1.68. The van der Waals surface area contributed by atoms with Gasteiger partial charge in [-0.3, -0.25) is 0 Å². The van der Waals surface area contributed by atoms with E-state index in [1.807, 2.05) is 12.1 Å². The van der Waals surface area contributed by atoms with E-state index in [9.17, 15) is 4.39 Å². The molecule has 5 heteroatoms. The summed E-state index contributed by atoms with van der Waals surface area (Å²) in [6.07, 6.45) is 3.21. The number of nitrogens with one attached hydrogen (secondary N) is 2. The van der Waals surface area contributed by atoms with E-state index in [-0.39, 0.29) is 5.82 Å². The summed E-state index contributed by atoms with van der Waals surface area (Å²) in [4.78, 5) is 9.10. The molecule has 2 aromatic rings. The van der Waals surface area contributed by atoms with Crippen LogP contribution in [0.4, 0.5) is 10.2 Å². The molecular formula is C18H23FN4. The molecule has 3 rings (SSSR count). The number of nitrogens with zero attached hydrogens (tertiary/aromatic N) is 2. The standard InChI is InChI=1S/C18H23FN4/c1-2-16-11-17(21-12-13-6-8-20-9-7-13)23-18(22-16)14-4-3-5-15(19)10-14/h3-5,10-11,13,20H,2,6-9,12H2,1H3,(H,21,22,23). The molecule has 1 aliphatic heterocycles. The molecule has 1 saturated heterocycles. The van der Waals surface area contributed by atoms with Crippen molar-refractivity contribution in [2.24, 2.45) is 5.92 Å². The first-order chi connectivity index (χ1) is 11.2. The van der Waals surface area contributed by atoms with Gasteiger partial charge in [0.05, 0.1) is 0 Å². The van der Waals surface area contributed by atoms with Gasteiger partial charge in [-0.05, 0) is 50.4 Å². The minimum absolute atomic E-state index is 0.266. The van der Waals surface area contributed by atoms with Gasteiger partial charge in [-0.1, -0.05) is 19.1 Å². The van der Waals surface area contributed by atoms with Gasteiger partial charge < -0.3 is 10.6 Å². The van der Waals surface area contributed by atoms with E-state index in [2.05, 4.69) is 27.5 Å². The number of benzene rings is 1. The number of halogens is 1. The largest absolute Gasteiger partial charge is 0.370 e. The molecular weight excluding hydrogens is 291 g/mol. The minimum Gasteiger partial charge on any atom is -0.370 e. The Morgan fingerprint density at radius 1 is 1.22 bits per heavy atom. The Balaban J connectivity index is 1.78. The van der Waals surface area contributed by atoms with Crippen molar-refractivity contribution in [1.82, 2.24) is 15.3 Å². The zero-order valence-corrected chi connectivity index (χ0v) is 13.5. The molecule has 1 fully saturated rings. The highest BCUT2D eigenvalue weighted by Crippen LogP contribution is 2.20. The van der Waals surface area contributed by atoms with Crippen molar-refractivity contribution >= 4 is 5.82 Å². The third-order valence-electron chi connectivity index (χ3n) is 4.25. The van der Waals surface area contributed by atoms with Crippen molar-refractivity contribution in [2.45, 2.75) is 26.2 Å². The van der Waals surface area contributed by atoms with E-state index in [1.54, 1.807) is 6.07 Å². The first-order valence-corrected chi connectivity index (χ1v) is 8.33. The lowest BCUT2D eigenvalue weighted by Crippen LogP contribution is -2.31. The van der Waals surface area contributed by atoms with Crippen molar-refractivity contribution in [2.75, 3.05) is 25.0 Å². The van der Waals surface area contributed by atoms with Crippen molar-refractivity contribution in [1.29, 1.82) is 0 Å². The van der Waals surface area contributed by atoms with Crippen molar-refractivity contribution in [3.05, 3.63) is 41.8 Å². The number of aryl methyl sites for hydroxylation is 1. The predicted octanol–water partition coefficient (Wildman–Crippen LogP) is 3.26. The second-order valence-electron chi connectivity index (χ2n) is 6.01. The lowest BCUT2D eigenvalue weighted by Gasteiger charge is -2.23. The van der Waals surface area contributed by atoms with Crippen LogP contribution in [0.5, 0.6) is 0 Å². The third kappa shape index (κ3) is 4.26. The number of anilines is 1. The van der Waals surface area contributed by atoms with Crippen LogP contribution >= 0.6 is 0 Å². The van der Waals surface area contributed by atoms with Crippen LogP contribution in [-0.4, -0.2) is 29.6 Å². The molecule has 122 valence electrons. The Bertz CT molecular complexity index is 653. The van der Waals surface area contributed by atoms with Gasteiger partial charge in [0, 0.05) is 23.9 Å². The summed E-state index contributed by atoms with van der Waals surface area (Å²) in [7, 11) is 0. The summed E-state index contributed by atoms with van der Waals surface area (Å²) < 4.78 is 13.4. The second kappa shape index (κ2) is 7.51. The van der Waals surface area contributed by atoms with Gasteiger partial charge in [-0.15, -0.1) is 0 Å². The van der Waals surface area contributed by atoms with Crippen LogP contribution in [0.2, 0.25) is 0 Å². The number of rotatable bonds is 5. The fraction of sp³-hybridized carbons (Fsp3) is 0.444. The zero-order chi connectivity index (χ0) is 16.1. The van der Waals surface area contributed by atoms with Crippen molar-refractivity contribution in [3.63, 3.8) is 0 Å². The fourth-order valence-corrected chi connectivity index (χ4v) is 2.86. The van der Waals surface area contributed by atoms with Crippen LogP contribution in [0, 0.1) is 11.7 Å². The van der Waals surface area contributed by atoms with Gasteiger partial charge in [0.2, 0.25) is 0 Å². The first kappa shape index (κ1) is 15.9. The maximum absolute atomic E-state index is 13.4. The number of aromatic nitrogens is 2. The highest BCUT2D eigenvalue weighted by molar-refractivity contribution is 5.57. The van der Waals surface area contributed by atoms with Crippen LogP contribution in [0.25, 0.3) is 11.4 Å². The SMILES string of the molecule is CCc1cc(NCC2CCNCC2)nc(-c2cccc(F)c2)n1. The van der Waals surface area contributed by atoms with E-state index in [0.29, 0.717) is 17.3 Å². The number of piperidine rings is 1. The lowest BCUT2D eigenvalue weighted by atomic mass is 9.98. The molecule has 0 aliphatic carbocycles. The van der Waals surface area contributed by atoms with Crippen LogP contribution in [0.3, 0.4) is 0 Å². The van der Waals surface area contributed by atoms with Crippen LogP contribution in [-0.2, 0) is 6.42 Å². The molecule has 4 nitrogen and oxygen atoms in total. The summed E-state index contributed by atoms with van der Waals surface area (Å²) in [6, 6.07) is 8.43. The average Bonchev–Trinajstić information content (AvgIpc) is 2.60. The van der Waals surface area contributed by atoms with Crippen molar-refractivity contribution < 1.29 is 4.39 Å². The van der Waals surface area contributed by atoms with E-state index >= 15 is 0 Å². The molecule has 0 bridgehead atoms. The summed E-state index contributed by atoms with van der Waals surface area (Å²) in [5, 5.41) is 6.82. The lowest BCUT2D eigenvalue weighted by molar-refractivity contribution is 0.389. The van der Waals surface area contributed by atoms with Crippen LogP contribution in [0.15, 0.2) is 30.3 Å². The molecule has 1 aromatic heterocycles. The summed E-state index contributed by atoms with van der Waals surface area (Å²) >= 11 is 0. The molecule has 2 N–H and O–H groups in total. The second-order valence-corrected chi connectivity index (χ2v) is 6.01. The molecule has 2 heterocycles. The fourth-order valence-electron chi connectivity index (χ4n) is 2.86. The predicted molar refractivity (Wildman–Crippen MR) is 90.9 cm³/mol. The molecule has 1 aliphatic rings. The number of hydrogen-bond donors (Lipinski definition) is 2. The monoisotopic (exact) mass is 314 g/mol. The van der Waals surface area contributed by atoms with Gasteiger partial charge in [-0.25, -0.2) is 14.4 Å². The number of hydrogen-bond acceptors (Lipinski definition) is 4. The first-order valence-electron chi connectivity index (χ1n) is 8.33. The van der Waals surface area contributed by atoms with E-state index < -0.39 is 0 Å². The minimum atomic E-state index is -0.266. The van der Waals surface area contributed by atoms with E-state index in [4.69, 9.17) is 0 Å². The Kier molecular flexibility index (Phi) is 5.18. The van der Waals surface area contributed by atoms with Crippen molar-refractivity contribution in [3.8, 4) is 11.4 Å². The van der Waals surface area contributed by atoms with Crippen LogP contribution < -0.4 is 10.6 Å². The highest BCUT2D eigenvalue weighted by Gasteiger charge is 2.13. The molecule has 23 heavy (non-hydrogen) atoms. The smallest absolute Gasteiger partial charge is 0.161 e. The quantitative estimate of drug-likeness (QED) is 0.889. The summed E-state index contributed by atoms with van der Waals surface area (Å²) in [5.74, 6) is 1.82. The van der Waals surface area contributed by atoms with Gasteiger partial charge >= 0.3 is 0 Å². The Labute approximate surface area is 136 Å². The normalized spacial score (nSPS) is 15.6. The van der Waals surface area contributed by atoms with E-state index in [0.717, 1.165) is 37.6 Å². The van der Waals surface area contributed by atoms with Gasteiger partial charge in [-0.2, -0.15) is 0 Å². The maximum atomic E-state index is 13.4. The maximum Gasteiger partial charge on any atom is 0.161 e. The molecule has 1 aromatic carbocycles. The molecule has 0 spiro atoms. The Hall–Kier alpha value is -2.01. The summed E-state index contributed by atoms with van der Waals surface area (Å²) in [6.45, 7) is 5.16.